The largest absolute Gasteiger partial charge is 0.493 e. The molecule has 2 unspecified atom stereocenters. The first-order valence-electron chi connectivity index (χ1n) is 12.1. The van der Waals surface area contributed by atoms with E-state index in [9.17, 15) is 19.2 Å². The third kappa shape index (κ3) is 6.96. The summed E-state index contributed by atoms with van der Waals surface area (Å²) < 4.78 is 11.7. The minimum Gasteiger partial charge on any atom is -0.493 e. The number of carbonyl (C=O) groups excluding carboxylic acids is 4. The van der Waals surface area contributed by atoms with Gasteiger partial charge in [0.15, 0.2) is 0 Å². The van der Waals surface area contributed by atoms with Crippen LogP contribution in [0.25, 0.3) is 0 Å². The molecule has 0 radical (unpaired) electrons. The van der Waals surface area contributed by atoms with Crippen molar-refractivity contribution in [3.63, 3.8) is 0 Å². The van der Waals surface area contributed by atoms with Gasteiger partial charge < -0.3 is 19.7 Å². The Morgan fingerprint density at radius 2 is 1.71 bits per heavy atom. The molecule has 0 spiro atoms. The number of imide groups is 1. The van der Waals surface area contributed by atoms with Crippen molar-refractivity contribution in [3.8, 4) is 5.75 Å². The van der Waals surface area contributed by atoms with Crippen molar-refractivity contribution in [3.05, 3.63) is 29.8 Å². The third-order valence-electron chi connectivity index (χ3n) is 6.16. The van der Waals surface area contributed by atoms with Crippen LogP contribution in [-0.4, -0.2) is 59.6 Å². The normalized spacial score (nSPS) is 23.0. The monoisotopic (exact) mass is 487 g/mol. The highest BCUT2D eigenvalue weighted by atomic mass is 16.6. The van der Waals surface area contributed by atoms with Crippen LogP contribution in [0.15, 0.2) is 24.3 Å². The number of nitrogens with one attached hydrogen (secondary N) is 2. The summed E-state index contributed by atoms with van der Waals surface area (Å²) >= 11 is 0. The minimum absolute atomic E-state index is 0.0316. The number of likely N-dealkylation sites (tertiary alicyclic amines) is 1. The molecule has 35 heavy (non-hydrogen) atoms. The van der Waals surface area contributed by atoms with Crippen LogP contribution >= 0.6 is 0 Å². The van der Waals surface area contributed by atoms with Gasteiger partial charge >= 0.3 is 6.09 Å². The quantitative estimate of drug-likeness (QED) is 0.616. The van der Waals surface area contributed by atoms with Crippen molar-refractivity contribution < 1.29 is 28.7 Å². The molecule has 1 aromatic carbocycles. The van der Waals surface area contributed by atoms with Crippen LogP contribution in [0.5, 0.6) is 5.75 Å². The maximum atomic E-state index is 12.8. The van der Waals surface area contributed by atoms with Gasteiger partial charge in [0.1, 0.15) is 17.4 Å². The lowest BCUT2D eigenvalue weighted by Gasteiger charge is -2.38. The summed E-state index contributed by atoms with van der Waals surface area (Å²) in [5.74, 6) is -0.446. The molecule has 0 aliphatic carbocycles. The highest BCUT2D eigenvalue weighted by Crippen LogP contribution is 2.38. The summed E-state index contributed by atoms with van der Waals surface area (Å²) in [6, 6.07) is 5.95. The number of piperidine rings is 1. The van der Waals surface area contributed by atoms with Gasteiger partial charge in [-0.1, -0.05) is 20.8 Å². The molecule has 4 amide bonds. The van der Waals surface area contributed by atoms with Gasteiger partial charge in [0.25, 0.3) is 5.91 Å². The lowest BCUT2D eigenvalue weighted by atomic mass is 9.80. The molecule has 9 nitrogen and oxygen atoms in total. The summed E-state index contributed by atoms with van der Waals surface area (Å²) in [7, 11) is 0. The van der Waals surface area contributed by atoms with Crippen LogP contribution in [0.2, 0.25) is 0 Å². The Kier molecular flexibility index (Phi) is 7.77. The van der Waals surface area contributed by atoms with Crippen molar-refractivity contribution in [2.45, 2.75) is 78.5 Å². The van der Waals surface area contributed by atoms with E-state index in [4.69, 9.17) is 9.47 Å². The highest BCUT2D eigenvalue weighted by molar-refractivity contribution is 6.03. The van der Waals surface area contributed by atoms with Gasteiger partial charge in [-0.2, -0.15) is 0 Å². The minimum atomic E-state index is -0.722. The second kappa shape index (κ2) is 10.3. The van der Waals surface area contributed by atoms with Gasteiger partial charge in [0.2, 0.25) is 11.8 Å². The average molecular weight is 488 g/mol. The molecule has 0 bridgehead atoms. The topological polar surface area (TPSA) is 114 Å². The standard InChI is InChI=1S/C26H37N3O6/c1-25(2,3)21-17(13-14-29(21)24(33)35-26(4,5)6)15-34-18-9-7-16(8-10-18)22(31)27-19-11-12-20(30)28-23(19)32/h7-10,17,19,21H,11-15H2,1-6H3,(H,27,31)(H,28,30,32)/t17-,19?,21?/m0/s1. The van der Waals surface area contributed by atoms with E-state index in [1.807, 2.05) is 25.7 Å². The fraction of sp³-hybridized carbons (Fsp3) is 0.615. The van der Waals surface area contributed by atoms with Crippen LogP contribution in [0.4, 0.5) is 4.79 Å². The highest BCUT2D eigenvalue weighted by Gasteiger charge is 2.45. The number of rotatable bonds is 5. The molecule has 9 heteroatoms. The van der Waals surface area contributed by atoms with Crippen LogP contribution < -0.4 is 15.4 Å². The molecule has 2 heterocycles. The molecule has 2 aliphatic rings. The van der Waals surface area contributed by atoms with E-state index in [-0.39, 0.29) is 48.1 Å². The summed E-state index contributed by atoms with van der Waals surface area (Å²) in [5, 5.41) is 4.89. The summed E-state index contributed by atoms with van der Waals surface area (Å²) in [6.45, 7) is 13.0. The van der Waals surface area contributed by atoms with Crippen molar-refractivity contribution in [1.82, 2.24) is 15.5 Å². The van der Waals surface area contributed by atoms with Crippen LogP contribution in [0.1, 0.15) is 71.2 Å². The Balaban J connectivity index is 1.58. The SMILES string of the molecule is CC(C)(C)OC(=O)N1CC[C@@H](COc2ccc(C(=O)NC3CCC(=O)NC3=O)cc2)C1C(C)(C)C. The fourth-order valence-electron chi connectivity index (χ4n) is 4.71. The van der Waals surface area contributed by atoms with Crippen molar-refractivity contribution in [1.29, 1.82) is 0 Å². The van der Waals surface area contributed by atoms with Gasteiger partial charge in [-0.05, 0) is 63.3 Å². The average Bonchev–Trinajstić information content (AvgIpc) is 3.18. The maximum absolute atomic E-state index is 12.8. The lowest BCUT2D eigenvalue weighted by molar-refractivity contribution is -0.134. The molecule has 192 valence electrons. The number of carbonyl (C=O) groups is 4. The molecule has 3 atom stereocenters. The Bertz CT molecular complexity index is 961. The lowest BCUT2D eigenvalue weighted by Crippen LogP contribution is -2.52. The molecule has 2 aliphatic heterocycles. The number of nitrogens with zero attached hydrogens (tertiary/aromatic N) is 1. The molecule has 1 aromatic rings. The molecule has 0 aromatic heterocycles. The van der Waals surface area contributed by atoms with E-state index < -0.39 is 17.6 Å². The summed E-state index contributed by atoms with van der Waals surface area (Å²) in [6.07, 6.45) is 0.999. The molecule has 2 fully saturated rings. The predicted octanol–water partition coefficient (Wildman–Crippen LogP) is 3.27. The summed E-state index contributed by atoms with van der Waals surface area (Å²) in [4.78, 5) is 50.3. The Morgan fingerprint density at radius 3 is 2.29 bits per heavy atom. The van der Waals surface area contributed by atoms with Crippen molar-refractivity contribution in [2.24, 2.45) is 11.3 Å². The van der Waals surface area contributed by atoms with Gasteiger partial charge in [-0.15, -0.1) is 0 Å². The number of benzene rings is 1. The third-order valence-corrected chi connectivity index (χ3v) is 6.16. The predicted molar refractivity (Wildman–Crippen MR) is 130 cm³/mol. The smallest absolute Gasteiger partial charge is 0.410 e. The van der Waals surface area contributed by atoms with Gasteiger partial charge in [0, 0.05) is 30.5 Å². The Labute approximate surface area is 206 Å². The Hall–Kier alpha value is -3.10. The van der Waals surface area contributed by atoms with Crippen molar-refractivity contribution in [2.75, 3.05) is 13.2 Å². The maximum Gasteiger partial charge on any atom is 0.410 e. The molecular weight excluding hydrogens is 450 g/mol. The van der Waals surface area contributed by atoms with Crippen LogP contribution in [-0.2, 0) is 14.3 Å². The van der Waals surface area contributed by atoms with E-state index in [0.717, 1.165) is 6.42 Å². The Morgan fingerprint density at radius 1 is 1.06 bits per heavy atom. The molecule has 2 saturated heterocycles. The fourth-order valence-corrected chi connectivity index (χ4v) is 4.71. The number of hydrogen-bond acceptors (Lipinski definition) is 6. The molecule has 2 N–H and O–H groups in total. The van der Waals surface area contributed by atoms with Crippen LogP contribution in [0, 0.1) is 11.3 Å². The number of hydrogen-bond donors (Lipinski definition) is 2. The molecular formula is C26H37N3O6. The van der Waals surface area contributed by atoms with E-state index in [2.05, 4.69) is 31.4 Å². The zero-order valence-electron chi connectivity index (χ0n) is 21.5. The van der Waals surface area contributed by atoms with Crippen molar-refractivity contribution >= 4 is 23.8 Å². The molecule has 0 saturated carbocycles. The van der Waals surface area contributed by atoms with Crippen LogP contribution in [0.3, 0.4) is 0 Å². The van der Waals surface area contributed by atoms with Gasteiger partial charge in [-0.3, -0.25) is 19.7 Å². The van der Waals surface area contributed by atoms with E-state index >= 15 is 0 Å². The first kappa shape index (κ1) is 26.5. The zero-order chi connectivity index (χ0) is 26.0. The first-order chi connectivity index (χ1) is 16.2. The van der Waals surface area contributed by atoms with E-state index in [0.29, 0.717) is 24.5 Å². The van der Waals surface area contributed by atoms with Gasteiger partial charge in [-0.25, -0.2) is 4.79 Å². The zero-order valence-corrected chi connectivity index (χ0v) is 21.5. The summed E-state index contributed by atoms with van der Waals surface area (Å²) in [5.41, 5.74) is -0.314. The second-order valence-electron chi connectivity index (χ2n) is 11.3. The number of ether oxygens (including phenoxy) is 2. The van der Waals surface area contributed by atoms with Gasteiger partial charge in [0.05, 0.1) is 6.61 Å². The number of amides is 4. The molecule has 3 rings (SSSR count). The van der Waals surface area contributed by atoms with E-state index in [1.54, 1.807) is 24.3 Å². The first-order valence-corrected chi connectivity index (χ1v) is 12.1. The van der Waals surface area contributed by atoms with E-state index in [1.165, 1.54) is 0 Å². The second-order valence-corrected chi connectivity index (χ2v) is 11.3.